The molecular weight excluding hydrogens is 452 g/mol. The van der Waals surface area contributed by atoms with Gasteiger partial charge in [-0.25, -0.2) is 0 Å². The number of thioether (sulfide) groups is 1. The van der Waals surface area contributed by atoms with Crippen molar-refractivity contribution in [3.05, 3.63) is 58.0 Å². The van der Waals surface area contributed by atoms with Gasteiger partial charge in [0.05, 0.1) is 18.1 Å². The van der Waals surface area contributed by atoms with Crippen LogP contribution >= 0.6 is 11.8 Å². The number of ether oxygens (including phenoxy) is 2. The summed E-state index contributed by atoms with van der Waals surface area (Å²) < 4.78 is 11.5. The SMILES string of the molecule is CCOc1cc(/C=C2\SC(=O)N(CC(=O)Nc3cc(C)ccc3C)C2=O)ccc1OCC(C)C. The second-order valence-corrected chi connectivity index (χ2v) is 9.47. The number of imide groups is 1. The number of aryl methyl sites for hydroxylation is 2. The number of carbonyl (C=O) groups is 3. The van der Waals surface area contributed by atoms with Gasteiger partial charge >= 0.3 is 0 Å². The molecule has 2 aromatic rings. The van der Waals surface area contributed by atoms with Crippen molar-refractivity contribution in [2.75, 3.05) is 25.1 Å². The van der Waals surface area contributed by atoms with Crippen LogP contribution in [0.3, 0.4) is 0 Å². The van der Waals surface area contributed by atoms with Gasteiger partial charge in [-0.3, -0.25) is 19.3 Å². The van der Waals surface area contributed by atoms with Crippen molar-refractivity contribution in [1.82, 2.24) is 4.90 Å². The second kappa shape index (κ2) is 11.2. The highest BCUT2D eigenvalue weighted by molar-refractivity contribution is 8.18. The fourth-order valence-electron chi connectivity index (χ4n) is 3.25. The van der Waals surface area contributed by atoms with Crippen LogP contribution in [0.1, 0.15) is 37.5 Å². The zero-order valence-electron chi connectivity index (χ0n) is 20.1. The van der Waals surface area contributed by atoms with Gasteiger partial charge < -0.3 is 14.8 Å². The van der Waals surface area contributed by atoms with Crippen molar-refractivity contribution >= 4 is 40.6 Å². The zero-order chi connectivity index (χ0) is 24.8. The molecule has 0 atom stereocenters. The highest BCUT2D eigenvalue weighted by Crippen LogP contribution is 2.35. The normalized spacial score (nSPS) is 14.8. The summed E-state index contributed by atoms with van der Waals surface area (Å²) in [4.78, 5) is 39.1. The van der Waals surface area contributed by atoms with Crippen LogP contribution in [0.5, 0.6) is 11.5 Å². The predicted molar refractivity (Wildman–Crippen MR) is 135 cm³/mol. The Hall–Kier alpha value is -3.26. The van der Waals surface area contributed by atoms with Crippen molar-refractivity contribution in [1.29, 1.82) is 0 Å². The molecule has 0 radical (unpaired) electrons. The monoisotopic (exact) mass is 482 g/mol. The first kappa shape index (κ1) is 25.4. The molecule has 3 rings (SSSR count). The summed E-state index contributed by atoms with van der Waals surface area (Å²) in [7, 11) is 0. The standard InChI is InChI=1S/C26H30N2O5S/c1-6-32-22-12-19(9-10-21(22)33-15-16(2)3)13-23-25(30)28(26(31)34-23)14-24(29)27-20-11-17(4)7-8-18(20)5/h7-13,16H,6,14-15H2,1-5H3,(H,27,29)/b23-13-. The quantitative estimate of drug-likeness (QED) is 0.481. The van der Waals surface area contributed by atoms with E-state index in [9.17, 15) is 14.4 Å². The van der Waals surface area contributed by atoms with Crippen LogP contribution in [-0.4, -0.2) is 41.7 Å². The van der Waals surface area contributed by atoms with Crippen molar-refractivity contribution in [2.45, 2.75) is 34.6 Å². The van der Waals surface area contributed by atoms with E-state index in [0.29, 0.717) is 41.9 Å². The first-order valence-corrected chi connectivity index (χ1v) is 12.0. The second-order valence-electron chi connectivity index (χ2n) is 8.48. The molecule has 1 heterocycles. The third kappa shape index (κ3) is 6.41. The van der Waals surface area contributed by atoms with Gasteiger partial charge in [0.25, 0.3) is 11.1 Å². The molecule has 180 valence electrons. The molecule has 7 nitrogen and oxygen atoms in total. The highest BCUT2D eigenvalue weighted by atomic mass is 32.2. The van der Waals surface area contributed by atoms with E-state index in [0.717, 1.165) is 27.8 Å². The highest BCUT2D eigenvalue weighted by Gasteiger charge is 2.36. The van der Waals surface area contributed by atoms with E-state index in [2.05, 4.69) is 19.2 Å². The van der Waals surface area contributed by atoms with Crippen molar-refractivity contribution in [2.24, 2.45) is 5.92 Å². The molecule has 0 aliphatic carbocycles. The number of anilines is 1. The summed E-state index contributed by atoms with van der Waals surface area (Å²) in [5.74, 6) is 0.646. The average Bonchev–Trinajstić information content (AvgIpc) is 3.03. The molecule has 0 spiro atoms. The number of hydrogen-bond donors (Lipinski definition) is 1. The number of carbonyl (C=O) groups excluding carboxylic acids is 3. The summed E-state index contributed by atoms with van der Waals surface area (Å²) in [5, 5.41) is 2.31. The zero-order valence-corrected chi connectivity index (χ0v) is 21.0. The van der Waals surface area contributed by atoms with Gasteiger partial charge in [-0.2, -0.15) is 0 Å². The lowest BCUT2D eigenvalue weighted by molar-refractivity contribution is -0.127. The van der Waals surface area contributed by atoms with Gasteiger partial charge in [-0.15, -0.1) is 0 Å². The minimum atomic E-state index is -0.496. The topological polar surface area (TPSA) is 84.9 Å². The molecule has 0 aromatic heterocycles. The molecule has 1 saturated heterocycles. The lowest BCUT2D eigenvalue weighted by atomic mass is 10.1. The van der Waals surface area contributed by atoms with E-state index in [1.165, 1.54) is 0 Å². The molecule has 34 heavy (non-hydrogen) atoms. The van der Waals surface area contributed by atoms with Gasteiger partial charge in [0.15, 0.2) is 11.5 Å². The molecule has 0 bridgehead atoms. The minimum Gasteiger partial charge on any atom is -0.490 e. The molecule has 8 heteroatoms. The summed E-state index contributed by atoms with van der Waals surface area (Å²) in [6, 6.07) is 11.1. The Kier molecular flexibility index (Phi) is 8.39. The first-order chi connectivity index (χ1) is 16.2. The van der Waals surface area contributed by atoms with Gasteiger partial charge in [0.2, 0.25) is 5.91 Å². The largest absolute Gasteiger partial charge is 0.490 e. The lowest BCUT2D eigenvalue weighted by Gasteiger charge is -2.14. The van der Waals surface area contributed by atoms with Crippen LogP contribution in [0, 0.1) is 19.8 Å². The van der Waals surface area contributed by atoms with Crippen LogP contribution in [0.15, 0.2) is 41.3 Å². The molecule has 1 fully saturated rings. The minimum absolute atomic E-state index is 0.253. The van der Waals surface area contributed by atoms with Gasteiger partial charge in [-0.1, -0.05) is 32.0 Å². The first-order valence-electron chi connectivity index (χ1n) is 11.2. The maximum atomic E-state index is 12.9. The molecule has 0 unspecified atom stereocenters. The Morgan fingerprint density at radius 2 is 1.85 bits per heavy atom. The maximum Gasteiger partial charge on any atom is 0.294 e. The van der Waals surface area contributed by atoms with E-state index in [1.807, 2.05) is 39.0 Å². The van der Waals surface area contributed by atoms with Crippen LogP contribution < -0.4 is 14.8 Å². The van der Waals surface area contributed by atoms with Crippen LogP contribution in [-0.2, 0) is 9.59 Å². The fraction of sp³-hybridized carbons (Fsp3) is 0.346. The van der Waals surface area contributed by atoms with E-state index >= 15 is 0 Å². The number of amides is 3. The molecule has 3 amide bonds. The van der Waals surface area contributed by atoms with Gasteiger partial charge in [-0.05, 0) is 79.4 Å². The fourth-order valence-corrected chi connectivity index (χ4v) is 4.09. The molecule has 0 saturated carbocycles. The van der Waals surface area contributed by atoms with E-state index in [4.69, 9.17) is 9.47 Å². The average molecular weight is 483 g/mol. The Morgan fingerprint density at radius 1 is 1.09 bits per heavy atom. The Balaban J connectivity index is 1.73. The summed E-state index contributed by atoms with van der Waals surface area (Å²) in [5.41, 5.74) is 3.27. The summed E-state index contributed by atoms with van der Waals surface area (Å²) in [6.07, 6.45) is 1.63. The number of rotatable bonds is 9. The Morgan fingerprint density at radius 3 is 2.56 bits per heavy atom. The van der Waals surface area contributed by atoms with Crippen molar-refractivity contribution < 1.29 is 23.9 Å². The summed E-state index contributed by atoms with van der Waals surface area (Å²) in [6.45, 7) is 10.5. The number of benzene rings is 2. The Bertz CT molecular complexity index is 1130. The molecular formula is C26H30N2O5S. The van der Waals surface area contributed by atoms with Crippen molar-refractivity contribution in [3.8, 4) is 11.5 Å². The molecule has 1 N–H and O–H groups in total. The third-order valence-corrected chi connectivity index (χ3v) is 5.89. The van der Waals surface area contributed by atoms with Crippen LogP contribution in [0.2, 0.25) is 0 Å². The number of hydrogen-bond acceptors (Lipinski definition) is 6. The Labute approximate surface area is 204 Å². The maximum absolute atomic E-state index is 12.9. The lowest BCUT2D eigenvalue weighted by Crippen LogP contribution is -2.36. The van der Waals surface area contributed by atoms with E-state index in [1.54, 1.807) is 24.3 Å². The van der Waals surface area contributed by atoms with E-state index < -0.39 is 17.1 Å². The van der Waals surface area contributed by atoms with Gasteiger partial charge in [0.1, 0.15) is 6.54 Å². The number of nitrogens with zero attached hydrogens (tertiary/aromatic N) is 1. The third-order valence-electron chi connectivity index (χ3n) is 4.98. The summed E-state index contributed by atoms with van der Waals surface area (Å²) >= 11 is 0.815. The van der Waals surface area contributed by atoms with Crippen LogP contribution in [0.25, 0.3) is 6.08 Å². The van der Waals surface area contributed by atoms with Crippen molar-refractivity contribution in [3.63, 3.8) is 0 Å². The smallest absolute Gasteiger partial charge is 0.294 e. The van der Waals surface area contributed by atoms with Gasteiger partial charge in [0, 0.05) is 5.69 Å². The number of nitrogens with one attached hydrogen (secondary N) is 1. The predicted octanol–water partition coefficient (Wildman–Crippen LogP) is 5.41. The van der Waals surface area contributed by atoms with E-state index in [-0.39, 0.29) is 11.4 Å². The molecule has 1 aliphatic rings. The molecule has 1 aliphatic heterocycles. The molecule has 2 aromatic carbocycles. The van der Waals surface area contributed by atoms with Crippen LogP contribution in [0.4, 0.5) is 10.5 Å².